The third kappa shape index (κ3) is 5.52. The third-order valence-electron chi connectivity index (χ3n) is 4.03. The Morgan fingerprint density at radius 1 is 0.964 bits per heavy atom. The number of ether oxygens (including phenoxy) is 1. The second-order valence-corrected chi connectivity index (χ2v) is 6.24. The number of para-hydroxylation sites is 1. The molecule has 144 valence electrons. The van der Waals surface area contributed by atoms with Gasteiger partial charge in [0.2, 0.25) is 11.8 Å². The summed E-state index contributed by atoms with van der Waals surface area (Å²) in [7, 11) is 1.46. The maximum absolute atomic E-state index is 12.2. The van der Waals surface area contributed by atoms with Crippen LogP contribution in [-0.2, 0) is 20.7 Å². The number of amides is 2. The van der Waals surface area contributed by atoms with Crippen LogP contribution in [-0.4, -0.2) is 35.3 Å². The van der Waals surface area contributed by atoms with Crippen molar-refractivity contribution in [1.82, 2.24) is 9.78 Å². The first-order valence-corrected chi connectivity index (χ1v) is 8.92. The highest BCUT2D eigenvalue weighted by Gasteiger charge is 2.07. The molecule has 0 saturated carbocycles. The maximum atomic E-state index is 12.2. The molecule has 0 saturated heterocycles. The molecule has 0 bridgehead atoms. The summed E-state index contributed by atoms with van der Waals surface area (Å²) in [6.07, 6.45) is 4.66. The van der Waals surface area contributed by atoms with E-state index in [1.807, 2.05) is 36.5 Å². The van der Waals surface area contributed by atoms with Gasteiger partial charge in [0.25, 0.3) is 0 Å². The number of methoxy groups -OCH3 is 1. The van der Waals surface area contributed by atoms with E-state index in [0.29, 0.717) is 24.2 Å². The summed E-state index contributed by atoms with van der Waals surface area (Å²) >= 11 is 0. The molecule has 0 spiro atoms. The van der Waals surface area contributed by atoms with Gasteiger partial charge in [-0.25, -0.2) is 4.68 Å². The van der Waals surface area contributed by atoms with Crippen molar-refractivity contribution in [3.8, 4) is 5.69 Å². The Morgan fingerprint density at radius 2 is 1.61 bits per heavy atom. The van der Waals surface area contributed by atoms with Crippen LogP contribution in [0.3, 0.4) is 0 Å². The van der Waals surface area contributed by atoms with Crippen LogP contribution in [0.4, 0.5) is 11.4 Å². The molecule has 0 aliphatic heterocycles. The van der Waals surface area contributed by atoms with E-state index in [-0.39, 0.29) is 18.4 Å². The van der Waals surface area contributed by atoms with Crippen LogP contribution in [0.25, 0.3) is 5.69 Å². The van der Waals surface area contributed by atoms with Crippen molar-refractivity contribution in [3.63, 3.8) is 0 Å². The summed E-state index contributed by atoms with van der Waals surface area (Å²) < 4.78 is 6.56. The molecule has 0 aliphatic carbocycles. The minimum Gasteiger partial charge on any atom is -0.375 e. The highest BCUT2D eigenvalue weighted by atomic mass is 16.5. The first kappa shape index (κ1) is 19.3. The zero-order chi connectivity index (χ0) is 19.8. The van der Waals surface area contributed by atoms with Crippen LogP contribution >= 0.6 is 0 Å². The Kier molecular flexibility index (Phi) is 6.54. The number of anilines is 2. The summed E-state index contributed by atoms with van der Waals surface area (Å²) in [6, 6.07) is 16.8. The van der Waals surface area contributed by atoms with E-state index in [9.17, 15) is 9.59 Å². The van der Waals surface area contributed by atoms with Crippen LogP contribution in [0, 0.1) is 0 Å². The molecule has 0 fully saturated rings. The lowest BCUT2D eigenvalue weighted by molar-refractivity contribution is -0.119. The van der Waals surface area contributed by atoms with E-state index in [1.54, 1.807) is 35.1 Å². The number of aryl methyl sites for hydroxylation is 1. The maximum Gasteiger partial charge on any atom is 0.250 e. The van der Waals surface area contributed by atoms with Gasteiger partial charge in [-0.1, -0.05) is 18.2 Å². The van der Waals surface area contributed by atoms with E-state index in [2.05, 4.69) is 15.7 Å². The van der Waals surface area contributed by atoms with E-state index in [0.717, 1.165) is 11.3 Å². The number of carbonyl (C=O) groups is 2. The third-order valence-corrected chi connectivity index (χ3v) is 4.03. The summed E-state index contributed by atoms with van der Waals surface area (Å²) in [6.45, 7) is -0.000652. The molecule has 1 aromatic heterocycles. The van der Waals surface area contributed by atoms with Crippen molar-refractivity contribution in [1.29, 1.82) is 0 Å². The lowest BCUT2D eigenvalue weighted by Crippen LogP contribution is -2.17. The van der Waals surface area contributed by atoms with Gasteiger partial charge < -0.3 is 15.4 Å². The molecule has 0 unspecified atom stereocenters. The Bertz CT molecular complexity index is 920. The number of carbonyl (C=O) groups excluding carboxylic acids is 2. The molecule has 0 radical (unpaired) electrons. The van der Waals surface area contributed by atoms with Gasteiger partial charge in [-0.15, -0.1) is 0 Å². The molecule has 2 aromatic carbocycles. The van der Waals surface area contributed by atoms with Gasteiger partial charge in [0.1, 0.15) is 6.61 Å². The fourth-order valence-electron chi connectivity index (χ4n) is 2.66. The Labute approximate surface area is 163 Å². The number of aromatic nitrogens is 2. The minimum absolute atomic E-state index is 0.000652. The van der Waals surface area contributed by atoms with Crippen LogP contribution < -0.4 is 10.6 Å². The Morgan fingerprint density at radius 3 is 2.25 bits per heavy atom. The largest absolute Gasteiger partial charge is 0.375 e. The smallest absolute Gasteiger partial charge is 0.250 e. The van der Waals surface area contributed by atoms with Gasteiger partial charge in [0, 0.05) is 31.1 Å². The molecule has 7 heteroatoms. The number of hydrogen-bond donors (Lipinski definition) is 2. The van der Waals surface area contributed by atoms with Crippen molar-refractivity contribution in [2.24, 2.45) is 0 Å². The number of nitrogens with zero attached hydrogens (tertiary/aromatic N) is 2. The molecule has 1 heterocycles. The number of rotatable bonds is 8. The van der Waals surface area contributed by atoms with Crippen molar-refractivity contribution >= 4 is 23.2 Å². The summed E-state index contributed by atoms with van der Waals surface area (Å²) in [5.41, 5.74) is 3.30. The van der Waals surface area contributed by atoms with Crippen molar-refractivity contribution in [2.75, 3.05) is 24.4 Å². The van der Waals surface area contributed by atoms with E-state index in [4.69, 9.17) is 4.74 Å². The molecule has 0 aliphatic rings. The summed E-state index contributed by atoms with van der Waals surface area (Å²) in [4.78, 5) is 23.7. The SMILES string of the molecule is COCC(=O)Nc1ccc(NC(=O)CCc2cnn(-c3ccccc3)c2)cc1. The fraction of sp³-hybridized carbons (Fsp3) is 0.190. The van der Waals surface area contributed by atoms with E-state index in [1.165, 1.54) is 7.11 Å². The number of nitrogens with one attached hydrogen (secondary N) is 2. The normalized spacial score (nSPS) is 10.5. The molecule has 7 nitrogen and oxygen atoms in total. The first-order valence-electron chi connectivity index (χ1n) is 8.92. The van der Waals surface area contributed by atoms with Gasteiger partial charge in [0.05, 0.1) is 11.9 Å². The fourth-order valence-corrected chi connectivity index (χ4v) is 2.66. The van der Waals surface area contributed by atoms with Gasteiger partial charge in [0.15, 0.2) is 0 Å². The molecule has 0 atom stereocenters. The highest BCUT2D eigenvalue weighted by Crippen LogP contribution is 2.14. The Balaban J connectivity index is 1.48. The van der Waals surface area contributed by atoms with Gasteiger partial charge in [-0.05, 0) is 48.4 Å². The molecule has 2 amide bonds. The predicted molar refractivity (Wildman–Crippen MR) is 107 cm³/mol. The average Bonchev–Trinajstić information content (AvgIpc) is 3.18. The molecule has 3 aromatic rings. The predicted octanol–water partition coefficient (Wildman–Crippen LogP) is 3.03. The summed E-state index contributed by atoms with van der Waals surface area (Å²) in [5, 5.41) is 9.89. The second kappa shape index (κ2) is 9.48. The highest BCUT2D eigenvalue weighted by molar-refractivity contribution is 5.93. The standard InChI is InChI=1S/C21H22N4O3/c1-28-15-21(27)24-18-10-8-17(9-11-18)23-20(26)12-7-16-13-22-25(14-16)19-5-3-2-4-6-19/h2-6,8-11,13-14H,7,12,15H2,1H3,(H,23,26)(H,24,27). The number of benzene rings is 2. The second-order valence-electron chi connectivity index (χ2n) is 6.24. The Hall–Kier alpha value is -3.45. The molecular weight excluding hydrogens is 356 g/mol. The van der Waals surface area contributed by atoms with Crippen LogP contribution in [0.1, 0.15) is 12.0 Å². The summed E-state index contributed by atoms with van der Waals surface area (Å²) in [5.74, 6) is -0.307. The van der Waals surface area contributed by atoms with Crippen molar-refractivity contribution < 1.29 is 14.3 Å². The molecular formula is C21H22N4O3. The zero-order valence-corrected chi connectivity index (χ0v) is 15.6. The average molecular weight is 378 g/mol. The topological polar surface area (TPSA) is 85.2 Å². The van der Waals surface area contributed by atoms with Gasteiger partial charge >= 0.3 is 0 Å². The van der Waals surface area contributed by atoms with Crippen LogP contribution in [0.2, 0.25) is 0 Å². The van der Waals surface area contributed by atoms with Crippen LogP contribution in [0.15, 0.2) is 67.0 Å². The van der Waals surface area contributed by atoms with Gasteiger partial charge in [-0.3, -0.25) is 9.59 Å². The molecule has 2 N–H and O–H groups in total. The van der Waals surface area contributed by atoms with E-state index < -0.39 is 0 Å². The lowest BCUT2D eigenvalue weighted by atomic mass is 10.2. The van der Waals surface area contributed by atoms with Crippen LogP contribution in [0.5, 0.6) is 0 Å². The van der Waals surface area contributed by atoms with Gasteiger partial charge in [-0.2, -0.15) is 5.10 Å². The minimum atomic E-state index is -0.227. The van der Waals surface area contributed by atoms with Crippen molar-refractivity contribution in [3.05, 3.63) is 72.6 Å². The zero-order valence-electron chi connectivity index (χ0n) is 15.6. The molecule has 28 heavy (non-hydrogen) atoms. The first-order chi connectivity index (χ1) is 13.6. The monoisotopic (exact) mass is 378 g/mol. The quantitative estimate of drug-likeness (QED) is 0.631. The van der Waals surface area contributed by atoms with Crippen molar-refractivity contribution in [2.45, 2.75) is 12.8 Å². The molecule has 3 rings (SSSR count). The lowest BCUT2D eigenvalue weighted by Gasteiger charge is -2.07. The number of hydrogen-bond acceptors (Lipinski definition) is 4. The van der Waals surface area contributed by atoms with E-state index >= 15 is 0 Å².